The Hall–Kier alpha value is -2.86. The molecule has 0 heterocycles. The summed E-state index contributed by atoms with van der Waals surface area (Å²) in [6.07, 6.45) is 0. The number of aliphatic hydroxyl groups is 1. The quantitative estimate of drug-likeness (QED) is 0.712. The van der Waals surface area contributed by atoms with E-state index in [1.54, 1.807) is 30.9 Å². The molecule has 138 valence electrons. The highest BCUT2D eigenvalue weighted by atomic mass is 16.4. The van der Waals surface area contributed by atoms with Crippen LogP contribution in [0.3, 0.4) is 0 Å². The number of rotatable bonds is 7. The molecule has 6 heteroatoms. The Kier molecular flexibility index (Phi) is 6.36. The SMILES string of the molecule is CC(C)(O)CN(Cc1ccccc1)C(=O)NCc1ccc(C(=O)O)cc1. The average molecular weight is 356 g/mol. The van der Waals surface area contributed by atoms with Gasteiger partial charge in [0.05, 0.1) is 17.7 Å². The Morgan fingerprint density at radius 2 is 1.62 bits per heavy atom. The molecule has 0 fully saturated rings. The molecule has 26 heavy (non-hydrogen) atoms. The van der Waals surface area contributed by atoms with Crippen molar-refractivity contribution < 1.29 is 19.8 Å². The second-order valence-electron chi connectivity index (χ2n) is 6.81. The minimum absolute atomic E-state index is 0.186. The van der Waals surface area contributed by atoms with Crippen molar-refractivity contribution in [1.82, 2.24) is 10.2 Å². The fraction of sp³-hybridized carbons (Fsp3) is 0.300. The molecule has 2 aromatic carbocycles. The number of hydrogen-bond donors (Lipinski definition) is 3. The number of urea groups is 1. The minimum Gasteiger partial charge on any atom is -0.478 e. The van der Waals surface area contributed by atoms with E-state index in [0.29, 0.717) is 6.54 Å². The zero-order valence-electron chi connectivity index (χ0n) is 15.0. The van der Waals surface area contributed by atoms with E-state index in [1.165, 1.54) is 12.1 Å². The maximum Gasteiger partial charge on any atom is 0.335 e. The van der Waals surface area contributed by atoms with Gasteiger partial charge in [-0.05, 0) is 37.1 Å². The van der Waals surface area contributed by atoms with Crippen molar-refractivity contribution in [2.24, 2.45) is 0 Å². The molecule has 0 aromatic heterocycles. The van der Waals surface area contributed by atoms with Gasteiger partial charge in [-0.25, -0.2) is 9.59 Å². The second kappa shape index (κ2) is 8.49. The van der Waals surface area contributed by atoms with E-state index >= 15 is 0 Å². The molecule has 2 aromatic rings. The van der Waals surface area contributed by atoms with Crippen LogP contribution in [-0.2, 0) is 13.1 Å². The molecule has 2 amide bonds. The van der Waals surface area contributed by atoms with Crippen molar-refractivity contribution in [3.8, 4) is 0 Å². The van der Waals surface area contributed by atoms with E-state index in [-0.39, 0.29) is 24.7 Å². The molecule has 0 spiro atoms. The smallest absolute Gasteiger partial charge is 0.335 e. The summed E-state index contributed by atoms with van der Waals surface area (Å²) in [5, 5.41) is 21.8. The normalized spacial score (nSPS) is 11.0. The summed E-state index contributed by atoms with van der Waals surface area (Å²) < 4.78 is 0. The van der Waals surface area contributed by atoms with Gasteiger partial charge in [-0.15, -0.1) is 0 Å². The van der Waals surface area contributed by atoms with Crippen LogP contribution < -0.4 is 5.32 Å². The van der Waals surface area contributed by atoms with Gasteiger partial charge in [0, 0.05) is 13.1 Å². The van der Waals surface area contributed by atoms with Crippen molar-refractivity contribution >= 4 is 12.0 Å². The largest absolute Gasteiger partial charge is 0.478 e. The minimum atomic E-state index is -1.02. The summed E-state index contributed by atoms with van der Waals surface area (Å²) >= 11 is 0. The van der Waals surface area contributed by atoms with Gasteiger partial charge in [0.2, 0.25) is 0 Å². The zero-order valence-corrected chi connectivity index (χ0v) is 15.0. The van der Waals surface area contributed by atoms with Gasteiger partial charge >= 0.3 is 12.0 Å². The van der Waals surface area contributed by atoms with E-state index in [2.05, 4.69) is 5.32 Å². The number of hydrogen-bond acceptors (Lipinski definition) is 3. The molecule has 2 rings (SSSR count). The Morgan fingerprint density at radius 1 is 1.00 bits per heavy atom. The van der Waals surface area contributed by atoms with Crippen molar-refractivity contribution in [1.29, 1.82) is 0 Å². The van der Waals surface area contributed by atoms with Crippen LogP contribution in [0.1, 0.15) is 35.3 Å². The summed E-state index contributed by atoms with van der Waals surface area (Å²) in [7, 11) is 0. The first-order valence-corrected chi connectivity index (χ1v) is 8.36. The highest BCUT2D eigenvalue weighted by Crippen LogP contribution is 2.11. The van der Waals surface area contributed by atoms with Crippen LogP contribution in [0.5, 0.6) is 0 Å². The molecule has 0 radical (unpaired) electrons. The lowest BCUT2D eigenvalue weighted by Gasteiger charge is -2.29. The highest BCUT2D eigenvalue weighted by Gasteiger charge is 2.22. The van der Waals surface area contributed by atoms with Crippen LogP contribution in [-0.4, -0.2) is 39.3 Å². The number of carboxylic acid groups (broad SMARTS) is 1. The van der Waals surface area contributed by atoms with Crippen LogP contribution in [0.2, 0.25) is 0 Å². The Balaban J connectivity index is 2.02. The number of carbonyl (C=O) groups excluding carboxylic acids is 1. The van der Waals surface area contributed by atoms with Crippen molar-refractivity contribution in [3.63, 3.8) is 0 Å². The van der Waals surface area contributed by atoms with Crippen LogP contribution >= 0.6 is 0 Å². The van der Waals surface area contributed by atoms with Crippen LogP contribution in [0.15, 0.2) is 54.6 Å². The van der Waals surface area contributed by atoms with Crippen LogP contribution in [0.25, 0.3) is 0 Å². The van der Waals surface area contributed by atoms with E-state index in [1.807, 2.05) is 30.3 Å². The van der Waals surface area contributed by atoms with Crippen molar-refractivity contribution in [2.45, 2.75) is 32.5 Å². The third-order valence-electron chi connectivity index (χ3n) is 3.73. The van der Waals surface area contributed by atoms with Gasteiger partial charge < -0.3 is 20.4 Å². The monoisotopic (exact) mass is 356 g/mol. The molecular formula is C20H24N2O4. The third-order valence-corrected chi connectivity index (χ3v) is 3.73. The predicted molar refractivity (Wildman–Crippen MR) is 98.8 cm³/mol. The molecule has 0 aliphatic heterocycles. The molecular weight excluding hydrogens is 332 g/mol. The first-order chi connectivity index (χ1) is 12.2. The van der Waals surface area contributed by atoms with Crippen LogP contribution in [0, 0.1) is 0 Å². The first kappa shape index (κ1) is 19.5. The number of aromatic carboxylic acids is 1. The van der Waals surface area contributed by atoms with Gasteiger partial charge in [-0.2, -0.15) is 0 Å². The number of amides is 2. The molecule has 3 N–H and O–H groups in total. The van der Waals surface area contributed by atoms with Gasteiger partial charge in [0.25, 0.3) is 0 Å². The van der Waals surface area contributed by atoms with Gasteiger partial charge in [0.15, 0.2) is 0 Å². The third kappa shape index (κ3) is 6.22. The Morgan fingerprint density at radius 3 is 2.15 bits per heavy atom. The highest BCUT2D eigenvalue weighted by molar-refractivity contribution is 5.87. The molecule has 0 aliphatic carbocycles. The molecule has 0 saturated heterocycles. The van der Waals surface area contributed by atoms with E-state index in [4.69, 9.17) is 5.11 Å². The van der Waals surface area contributed by atoms with E-state index in [9.17, 15) is 14.7 Å². The molecule has 0 saturated carbocycles. The van der Waals surface area contributed by atoms with Gasteiger partial charge in [0.1, 0.15) is 0 Å². The Bertz CT molecular complexity index is 737. The maximum absolute atomic E-state index is 12.6. The molecule has 0 unspecified atom stereocenters. The predicted octanol–water partition coefficient (Wildman–Crippen LogP) is 2.87. The first-order valence-electron chi connectivity index (χ1n) is 8.36. The fourth-order valence-corrected chi connectivity index (χ4v) is 2.53. The van der Waals surface area contributed by atoms with Gasteiger partial charge in [-0.3, -0.25) is 0 Å². The lowest BCUT2D eigenvalue weighted by atomic mass is 10.1. The molecule has 0 bridgehead atoms. The average Bonchev–Trinajstić information content (AvgIpc) is 2.59. The molecule has 0 aliphatic rings. The number of carbonyl (C=O) groups is 2. The molecule has 6 nitrogen and oxygen atoms in total. The standard InChI is InChI=1S/C20H24N2O4/c1-20(2,26)14-22(13-16-6-4-3-5-7-16)19(25)21-12-15-8-10-17(11-9-15)18(23)24/h3-11,26H,12-14H2,1-2H3,(H,21,25)(H,23,24). The summed E-state index contributed by atoms with van der Waals surface area (Å²) in [4.78, 5) is 25.0. The topological polar surface area (TPSA) is 89.9 Å². The van der Waals surface area contributed by atoms with E-state index in [0.717, 1.165) is 11.1 Å². The maximum atomic E-state index is 12.6. The molecule has 0 atom stereocenters. The summed E-state index contributed by atoms with van der Waals surface area (Å²) in [5.74, 6) is -0.986. The second-order valence-corrected chi connectivity index (χ2v) is 6.81. The fourth-order valence-electron chi connectivity index (χ4n) is 2.53. The number of nitrogens with zero attached hydrogens (tertiary/aromatic N) is 1. The van der Waals surface area contributed by atoms with Crippen LogP contribution in [0.4, 0.5) is 4.79 Å². The summed E-state index contributed by atoms with van der Waals surface area (Å²) in [6, 6.07) is 15.6. The Labute approximate surface area is 153 Å². The number of carboxylic acids is 1. The lowest BCUT2D eigenvalue weighted by Crippen LogP contribution is -2.46. The van der Waals surface area contributed by atoms with Crippen molar-refractivity contribution in [3.05, 3.63) is 71.3 Å². The summed E-state index contributed by atoms with van der Waals surface area (Å²) in [6.45, 7) is 4.15. The van der Waals surface area contributed by atoms with Crippen molar-refractivity contribution in [2.75, 3.05) is 6.54 Å². The number of nitrogens with one attached hydrogen (secondary N) is 1. The van der Waals surface area contributed by atoms with E-state index < -0.39 is 11.6 Å². The van der Waals surface area contributed by atoms with Gasteiger partial charge in [-0.1, -0.05) is 42.5 Å². The summed E-state index contributed by atoms with van der Waals surface area (Å²) in [5.41, 5.74) is 0.951. The zero-order chi connectivity index (χ0) is 19.2. The lowest BCUT2D eigenvalue weighted by molar-refractivity contribution is 0.0446. The number of benzene rings is 2.